The molecule has 2 aromatic rings. The van der Waals surface area contributed by atoms with Gasteiger partial charge in [-0.25, -0.2) is 10.4 Å². The van der Waals surface area contributed by atoms with Crippen molar-refractivity contribution in [1.82, 2.24) is 10.4 Å². The first-order chi connectivity index (χ1) is 8.74. The van der Waals surface area contributed by atoms with Crippen molar-refractivity contribution in [3.05, 3.63) is 64.4 Å². The van der Waals surface area contributed by atoms with Crippen molar-refractivity contribution in [1.29, 1.82) is 0 Å². The van der Waals surface area contributed by atoms with Crippen LogP contribution in [0.3, 0.4) is 0 Å². The van der Waals surface area contributed by atoms with E-state index in [9.17, 15) is 0 Å². The van der Waals surface area contributed by atoms with E-state index in [1.807, 2.05) is 6.07 Å². The number of benzene rings is 1. The maximum atomic E-state index is 5.78. The van der Waals surface area contributed by atoms with Crippen LogP contribution in [0.1, 0.15) is 29.7 Å². The number of pyridine rings is 1. The van der Waals surface area contributed by atoms with Crippen molar-refractivity contribution in [2.75, 3.05) is 0 Å². The minimum Gasteiger partial charge on any atom is -0.271 e. The predicted molar refractivity (Wildman–Crippen MR) is 74.2 cm³/mol. The number of hydrazine groups is 1. The molecule has 0 aliphatic carbocycles. The van der Waals surface area contributed by atoms with E-state index in [2.05, 4.69) is 41.6 Å². The van der Waals surface area contributed by atoms with Crippen LogP contribution in [0.25, 0.3) is 0 Å². The Bertz CT molecular complexity index is 493. The summed E-state index contributed by atoms with van der Waals surface area (Å²) in [6.07, 6.45) is 2.77. The molecule has 0 spiro atoms. The predicted octanol–water partition coefficient (Wildman–Crippen LogP) is 2.85. The van der Waals surface area contributed by atoms with Gasteiger partial charge < -0.3 is 0 Å². The number of rotatable bonds is 4. The van der Waals surface area contributed by atoms with E-state index in [1.165, 1.54) is 5.56 Å². The van der Waals surface area contributed by atoms with Gasteiger partial charge in [0, 0.05) is 6.20 Å². The van der Waals surface area contributed by atoms with Crippen molar-refractivity contribution in [3.8, 4) is 0 Å². The van der Waals surface area contributed by atoms with Crippen molar-refractivity contribution in [3.63, 3.8) is 0 Å². The zero-order valence-electron chi connectivity index (χ0n) is 10.2. The number of aryl methyl sites for hydroxylation is 1. The largest absolute Gasteiger partial charge is 0.271 e. The van der Waals surface area contributed by atoms with Gasteiger partial charge in [0.1, 0.15) is 5.15 Å². The Morgan fingerprint density at radius 3 is 2.33 bits per heavy atom. The highest BCUT2D eigenvalue weighted by Crippen LogP contribution is 2.22. The smallest absolute Gasteiger partial charge is 0.129 e. The number of hydrogen-bond acceptors (Lipinski definition) is 3. The quantitative estimate of drug-likeness (QED) is 0.506. The van der Waals surface area contributed by atoms with Gasteiger partial charge in [-0.3, -0.25) is 5.84 Å². The lowest BCUT2D eigenvalue weighted by Crippen LogP contribution is -2.28. The van der Waals surface area contributed by atoms with Gasteiger partial charge in [-0.05, 0) is 29.2 Å². The molecule has 0 fully saturated rings. The molecule has 4 heteroatoms. The number of nitrogens with one attached hydrogen (secondary N) is 1. The van der Waals surface area contributed by atoms with Crippen LogP contribution < -0.4 is 11.3 Å². The summed E-state index contributed by atoms with van der Waals surface area (Å²) in [6, 6.07) is 12.0. The lowest BCUT2D eigenvalue weighted by atomic mass is 9.99. The van der Waals surface area contributed by atoms with Crippen molar-refractivity contribution >= 4 is 11.6 Å². The van der Waals surface area contributed by atoms with Crippen molar-refractivity contribution < 1.29 is 0 Å². The second kappa shape index (κ2) is 5.96. The van der Waals surface area contributed by atoms with E-state index in [4.69, 9.17) is 17.4 Å². The Balaban J connectivity index is 2.29. The molecule has 1 unspecified atom stereocenters. The zero-order valence-corrected chi connectivity index (χ0v) is 11.0. The topological polar surface area (TPSA) is 50.9 Å². The molecule has 0 aliphatic heterocycles. The molecule has 1 aromatic carbocycles. The van der Waals surface area contributed by atoms with Crippen molar-refractivity contribution in [2.24, 2.45) is 5.84 Å². The van der Waals surface area contributed by atoms with Crippen LogP contribution in [0.4, 0.5) is 0 Å². The van der Waals surface area contributed by atoms with Crippen LogP contribution in [0.15, 0.2) is 42.6 Å². The van der Waals surface area contributed by atoms with Gasteiger partial charge in [0.25, 0.3) is 0 Å². The maximum Gasteiger partial charge on any atom is 0.129 e. The van der Waals surface area contributed by atoms with Gasteiger partial charge in [0.2, 0.25) is 0 Å². The molecule has 0 aliphatic rings. The number of nitrogens with zero attached hydrogens (tertiary/aromatic N) is 1. The minimum absolute atomic E-state index is 0.0688. The third-order valence-corrected chi connectivity index (χ3v) is 3.20. The molecule has 0 saturated carbocycles. The summed E-state index contributed by atoms with van der Waals surface area (Å²) in [6.45, 7) is 2.14. The SMILES string of the molecule is CCc1ccc(C(NN)c2ccc(Cl)nc2)cc1. The average molecular weight is 262 g/mol. The van der Waals surface area contributed by atoms with Gasteiger partial charge in [0.05, 0.1) is 6.04 Å². The van der Waals surface area contributed by atoms with Crippen LogP contribution in [-0.2, 0) is 6.42 Å². The highest BCUT2D eigenvalue weighted by molar-refractivity contribution is 6.29. The van der Waals surface area contributed by atoms with Crippen LogP contribution in [0, 0.1) is 0 Å². The van der Waals surface area contributed by atoms with Crippen LogP contribution >= 0.6 is 11.6 Å². The number of aromatic nitrogens is 1. The molecule has 1 heterocycles. The molecule has 1 aromatic heterocycles. The molecule has 3 N–H and O–H groups in total. The molecular formula is C14H16ClN3. The molecule has 0 radical (unpaired) electrons. The fourth-order valence-corrected chi connectivity index (χ4v) is 2.00. The van der Waals surface area contributed by atoms with Gasteiger partial charge in [-0.1, -0.05) is 48.9 Å². The summed E-state index contributed by atoms with van der Waals surface area (Å²) in [4.78, 5) is 4.08. The zero-order chi connectivity index (χ0) is 13.0. The Morgan fingerprint density at radius 1 is 1.17 bits per heavy atom. The highest BCUT2D eigenvalue weighted by atomic mass is 35.5. The standard InChI is InChI=1S/C14H16ClN3/c1-2-10-3-5-11(6-4-10)14(18-16)12-7-8-13(15)17-9-12/h3-9,14,18H,2,16H2,1H3. The number of halogens is 1. The monoisotopic (exact) mass is 261 g/mol. The van der Waals surface area contributed by atoms with Gasteiger partial charge in [-0.2, -0.15) is 0 Å². The van der Waals surface area contributed by atoms with Crippen LogP contribution in [-0.4, -0.2) is 4.98 Å². The molecule has 0 saturated heterocycles. The molecule has 18 heavy (non-hydrogen) atoms. The first-order valence-electron chi connectivity index (χ1n) is 5.91. The molecule has 3 nitrogen and oxygen atoms in total. The lowest BCUT2D eigenvalue weighted by Gasteiger charge is -2.16. The van der Waals surface area contributed by atoms with Crippen LogP contribution in [0.2, 0.25) is 5.15 Å². The van der Waals surface area contributed by atoms with Crippen LogP contribution in [0.5, 0.6) is 0 Å². The molecule has 94 valence electrons. The van der Waals surface area contributed by atoms with Gasteiger partial charge >= 0.3 is 0 Å². The molecule has 0 amide bonds. The first-order valence-corrected chi connectivity index (χ1v) is 6.28. The van der Waals surface area contributed by atoms with E-state index in [1.54, 1.807) is 12.3 Å². The normalized spacial score (nSPS) is 12.4. The third-order valence-electron chi connectivity index (χ3n) is 2.97. The third kappa shape index (κ3) is 2.88. The lowest BCUT2D eigenvalue weighted by molar-refractivity contribution is 0.634. The molecular weight excluding hydrogens is 246 g/mol. The fourth-order valence-electron chi connectivity index (χ4n) is 1.89. The van der Waals surface area contributed by atoms with E-state index in [0.29, 0.717) is 5.15 Å². The highest BCUT2D eigenvalue weighted by Gasteiger charge is 2.12. The summed E-state index contributed by atoms with van der Waals surface area (Å²) in [7, 11) is 0. The second-order valence-electron chi connectivity index (χ2n) is 4.11. The van der Waals surface area contributed by atoms with Gasteiger partial charge in [-0.15, -0.1) is 0 Å². The number of nitrogens with two attached hydrogens (primary N) is 1. The minimum atomic E-state index is -0.0688. The fraction of sp³-hybridized carbons (Fsp3) is 0.214. The maximum absolute atomic E-state index is 5.78. The average Bonchev–Trinajstić information content (AvgIpc) is 2.42. The Labute approximate surface area is 112 Å². The summed E-state index contributed by atoms with van der Waals surface area (Å²) in [5.41, 5.74) is 6.22. The van der Waals surface area contributed by atoms with E-state index >= 15 is 0 Å². The summed E-state index contributed by atoms with van der Waals surface area (Å²) < 4.78 is 0. The Morgan fingerprint density at radius 2 is 1.83 bits per heavy atom. The number of hydrogen-bond donors (Lipinski definition) is 2. The Hall–Kier alpha value is -1.42. The van der Waals surface area contributed by atoms with E-state index in [0.717, 1.165) is 17.5 Å². The molecule has 0 bridgehead atoms. The summed E-state index contributed by atoms with van der Waals surface area (Å²) in [5, 5.41) is 0.482. The van der Waals surface area contributed by atoms with E-state index < -0.39 is 0 Å². The Kier molecular flexibility index (Phi) is 4.31. The summed E-state index contributed by atoms with van der Waals surface area (Å²) >= 11 is 5.78. The van der Waals surface area contributed by atoms with E-state index in [-0.39, 0.29) is 6.04 Å². The second-order valence-corrected chi connectivity index (χ2v) is 4.50. The van der Waals surface area contributed by atoms with Gasteiger partial charge in [0.15, 0.2) is 0 Å². The first kappa shape index (κ1) is 13.0. The molecule has 2 rings (SSSR count). The molecule has 1 atom stereocenters. The van der Waals surface area contributed by atoms with Crippen molar-refractivity contribution in [2.45, 2.75) is 19.4 Å². The summed E-state index contributed by atoms with van der Waals surface area (Å²) in [5.74, 6) is 5.63.